The van der Waals surface area contributed by atoms with Crippen LogP contribution in [0.15, 0.2) is 22.6 Å². The van der Waals surface area contributed by atoms with Gasteiger partial charge in [-0.25, -0.2) is 9.78 Å². The average Bonchev–Trinajstić information content (AvgIpc) is 3.27. The average molecular weight is 432 g/mol. The molecule has 9 heteroatoms. The topological polar surface area (TPSA) is 90.3 Å². The third kappa shape index (κ3) is 3.97. The first kappa shape index (κ1) is 19.8. The smallest absolute Gasteiger partial charge is 0.341 e. The van der Waals surface area contributed by atoms with Crippen LogP contribution in [-0.4, -0.2) is 27.5 Å². The van der Waals surface area contributed by atoms with Gasteiger partial charge in [-0.15, -0.1) is 22.7 Å². The number of nitrogens with one attached hydrogen (secondary N) is 1. The van der Waals surface area contributed by atoms with Crippen molar-refractivity contribution in [1.29, 1.82) is 0 Å². The van der Waals surface area contributed by atoms with Crippen LogP contribution in [0.2, 0.25) is 0 Å². The van der Waals surface area contributed by atoms with Crippen molar-refractivity contribution in [2.45, 2.75) is 52.2 Å². The Bertz CT molecular complexity index is 1140. The van der Waals surface area contributed by atoms with Crippen LogP contribution in [0, 0.1) is 0 Å². The molecule has 1 aliphatic carbocycles. The van der Waals surface area contributed by atoms with Crippen molar-refractivity contribution in [2.75, 3.05) is 5.32 Å². The lowest BCUT2D eigenvalue weighted by atomic mass is 9.95. The SMILES string of the molecule is CC(C)OC(=O)c1c(NC(=O)Cn2cnc3ccsc3c2=O)sc2c1CCCC2. The molecule has 0 saturated carbocycles. The molecule has 0 saturated heterocycles. The first-order valence-corrected chi connectivity index (χ1v) is 11.2. The summed E-state index contributed by atoms with van der Waals surface area (Å²) in [4.78, 5) is 43.2. The Balaban J connectivity index is 1.60. The fourth-order valence-corrected chi connectivity index (χ4v) is 5.54. The number of nitrogens with zero attached hydrogens (tertiary/aromatic N) is 2. The van der Waals surface area contributed by atoms with Crippen LogP contribution in [0.25, 0.3) is 10.2 Å². The lowest BCUT2D eigenvalue weighted by Gasteiger charge is -2.14. The lowest BCUT2D eigenvalue weighted by Crippen LogP contribution is -2.27. The number of carbonyl (C=O) groups is 2. The molecule has 3 aromatic rings. The maximum absolute atomic E-state index is 12.7. The van der Waals surface area contributed by atoms with E-state index >= 15 is 0 Å². The predicted molar refractivity (Wildman–Crippen MR) is 114 cm³/mol. The second-order valence-corrected chi connectivity index (χ2v) is 9.25. The van der Waals surface area contributed by atoms with Crippen LogP contribution < -0.4 is 10.9 Å². The predicted octanol–water partition coefficient (Wildman–Crippen LogP) is 3.60. The number of aryl methyl sites for hydroxylation is 1. The first-order chi connectivity index (χ1) is 13.9. The van der Waals surface area contributed by atoms with E-state index in [-0.39, 0.29) is 24.1 Å². The third-order valence-electron chi connectivity index (χ3n) is 4.72. The number of rotatable bonds is 5. The van der Waals surface area contributed by atoms with E-state index in [0.29, 0.717) is 20.8 Å². The van der Waals surface area contributed by atoms with Crippen molar-refractivity contribution >= 4 is 49.8 Å². The van der Waals surface area contributed by atoms with Crippen molar-refractivity contribution in [2.24, 2.45) is 0 Å². The number of ether oxygens (including phenoxy) is 1. The molecule has 1 aliphatic rings. The number of anilines is 1. The molecular formula is C20H21N3O4S2. The molecule has 3 heterocycles. The van der Waals surface area contributed by atoms with Crippen molar-refractivity contribution in [1.82, 2.24) is 9.55 Å². The van der Waals surface area contributed by atoms with Crippen LogP contribution in [0.5, 0.6) is 0 Å². The monoisotopic (exact) mass is 431 g/mol. The van der Waals surface area contributed by atoms with E-state index in [1.807, 2.05) is 0 Å². The van der Waals surface area contributed by atoms with Gasteiger partial charge in [0.1, 0.15) is 16.2 Å². The quantitative estimate of drug-likeness (QED) is 0.624. The zero-order chi connectivity index (χ0) is 20.5. The van der Waals surface area contributed by atoms with Crippen LogP contribution >= 0.6 is 22.7 Å². The number of fused-ring (bicyclic) bond motifs is 2. The molecule has 0 unspecified atom stereocenters. The lowest BCUT2D eigenvalue weighted by molar-refractivity contribution is -0.116. The molecule has 0 aliphatic heterocycles. The van der Waals surface area contributed by atoms with Crippen LogP contribution in [-0.2, 0) is 28.9 Å². The number of amides is 1. The first-order valence-electron chi connectivity index (χ1n) is 9.52. The number of thiophene rings is 2. The standard InChI is InChI=1S/C20H21N3O4S2/c1-11(2)27-20(26)16-12-5-3-4-6-14(12)29-18(16)22-15(24)9-23-10-21-13-7-8-28-17(13)19(23)25/h7-8,10-11H,3-6,9H2,1-2H3,(H,22,24). The van der Waals surface area contributed by atoms with Gasteiger partial charge in [-0.3, -0.25) is 14.2 Å². The molecule has 0 bridgehead atoms. The minimum Gasteiger partial charge on any atom is -0.459 e. The van der Waals surface area contributed by atoms with E-state index in [1.165, 1.54) is 33.6 Å². The minimum absolute atomic E-state index is 0.166. The number of esters is 1. The van der Waals surface area contributed by atoms with Gasteiger partial charge in [0, 0.05) is 4.88 Å². The third-order valence-corrected chi connectivity index (χ3v) is 6.82. The molecule has 1 amide bonds. The van der Waals surface area contributed by atoms with Crippen LogP contribution in [0.3, 0.4) is 0 Å². The van der Waals surface area contributed by atoms with E-state index < -0.39 is 5.97 Å². The summed E-state index contributed by atoms with van der Waals surface area (Å²) in [5.41, 5.74) is 1.83. The van der Waals surface area contributed by atoms with Gasteiger partial charge in [0.25, 0.3) is 5.56 Å². The van der Waals surface area contributed by atoms with Crippen LogP contribution in [0.1, 0.15) is 47.5 Å². The van der Waals surface area contributed by atoms with Gasteiger partial charge in [0.05, 0.1) is 23.5 Å². The Hall–Kier alpha value is -2.52. The van der Waals surface area contributed by atoms with E-state index in [2.05, 4.69) is 10.3 Å². The fraction of sp³-hybridized carbons (Fsp3) is 0.400. The minimum atomic E-state index is -0.409. The maximum atomic E-state index is 12.7. The van der Waals surface area contributed by atoms with Gasteiger partial charge in [0.15, 0.2) is 0 Å². The molecule has 7 nitrogen and oxygen atoms in total. The Morgan fingerprint density at radius 1 is 1.31 bits per heavy atom. The highest BCUT2D eigenvalue weighted by Crippen LogP contribution is 2.38. The van der Waals surface area contributed by atoms with Gasteiger partial charge >= 0.3 is 5.97 Å². The van der Waals surface area contributed by atoms with Gasteiger partial charge < -0.3 is 10.1 Å². The highest BCUT2D eigenvalue weighted by molar-refractivity contribution is 7.17. The Kier molecular flexibility index (Phi) is 5.51. The summed E-state index contributed by atoms with van der Waals surface area (Å²) in [6.07, 6.45) is 4.93. The molecule has 1 N–H and O–H groups in total. The van der Waals surface area contributed by atoms with Crippen molar-refractivity contribution in [3.63, 3.8) is 0 Å². The second-order valence-electron chi connectivity index (χ2n) is 7.23. The molecule has 0 aromatic carbocycles. The summed E-state index contributed by atoms with van der Waals surface area (Å²) in [5, 5.41) is 5.14. The van der Waals surface area contributed by atoms with Gasteiger partial charge in [0.2, 0.25) is 5.91 Å². The molecule has 0 fully saturated rings. The fourth-order valence-electron chi connectivity index (χ4n) is 3.46. The highest BCUT2D eigenvalue weighted by atomic mass is 32.1. The van der Waals surface area contributed by atoms with Crippen molar-refractivity contribution in [3.05, 3.63) is 44.1 Å². The summed E-state index contributed by atoms with van der Waals surface area (Å²) in [6, 6.07) is 1.77. The number of aromatic nitrogens is 2. The summed E-state index contributed by atoms with van der Waals surface area (Å²) in [7, 11) is 0. The van der Waals surface area contributed by atoms with Crippen molar-refractivity contribution in [3.8, 4) is 0 Å². The maximum Gasteiger partial charge on any atom is 0.341 e. The number of hydrogen-bond donors (Lipinski definition) is 1. The number of hydrogen-bond acceptors (Lipinski definition) is 7. The zero-order valence-electron chi connectivity index (χ0n) is 16.2. The highest BCUT2D eigenvalue weighted by Gasteiger charge is 2.28. The van der Waals surface area contributed by atoms with Gasteiger partial charge in [-0.1, -0.05) is 0 Å². The molecule has 0 spiro atoms. The Morgan fingerprint density at radius 3 is 2.90 bits per heavy atom. The van der Waals surface area contributed by atoms with Crippen LogP contribution in [0.4, 0.5) is 5.00 Å². The Labute approximate surface area is 175 Å². The summed E-state index contributed by atoms with van der Waals surface area (Å²) in [5.74, 6) is -0.782. The largest absolute Gasteiger partial charge is 0.459 e. The summed E-state index contributed by atoms with van der Waals surface area (Å²) < 4.78 is 7.22. The molecule has 29 heavy (non-hydrogen) atoms. The second kappa shape index (κ2) is 8.08. The van der Waals surface area contributed by atoms with E-state index in [9.17, 15) is 14.4 Å². The van der Waals surface area contributed by atoms with Gasteiger partial charge in [-0.2, -0.15) is 0 Å². The van der Waals surface area contributed by atoms with E-state index in [0.717, 1.165) is 36.1 Å². The Morgan fingerprint density at radius 2 is 2.10 bits per heavy atom. The summed E-state index contributed by atoms with van der Waals surface area (Å²) >= 11 is 2.73. The van der Waals surface area contributed by atoms with E-state index in [4.69, 9.17) is 4.74 Å². The summed E-state index contributed by atoms with van der Waals surface area (Å²) in [6.45, 7) is 3.44. The van der Waals surface area contributed by atoms with E-state index in [1.54, 1.807) is 25.3 Å². The molecule has 0 radical (unpaired) electrons. The molecule has 4 rings (SSSR count). The zero-order valence-corrected chi connectivity index (χ0v) is 17.8. The van der Waals surface area contributed by atoms with Gasteiger partial charge in [-0.05, 0) is 56.5 Å². The molecule has 0 atom stereocenters. The molecular weight excluding hydrogens is 410 g/mol. The molecule has 152 valence electrons. The number of carbonyl (C=O) groups excluding carboxylic acids is 2. The molecule has 3 aromatic heterocycles. The van der Waals surface area contributed by atoms with Crippen molar-refractivity contribution < 1.29 is 14.3 Å². The normalized spacial score (nSPS) is 13.5.